The number of carbonyl (C=O) groups is 1. The van der Waals surface area contributed by atoms with E-state index in [-0.39, 0.29) is 17.4 Å². The Bertz CT molecular complexity index is 388. The minimum absolute atomic E-state index is 0.00574. The molecule has 0 unspecified atom stereocenters. The Balaban J connectivity index is 2.99. The number of aryl methyl sites for hydroxylation is 1. The van der Waals surface area contributed by atoms with E-state index in [1.54, 1.807) is 0 Å². The molecule has 0 atom stereocenters. The standard InChI is InChI=1S/C12H20N2OS/c1-7(2)13-10(15)9-8(3)14-11(16-9)12(4,5)6/h7H,1-6H3,(H,13,15). The average Bonchev–Trinajstić information content (AvgIpc) is 2.44. The van der Waals surface area contributed by atoms with Crippen LogP contribution < -0.4 is 5.32 Å². The zero-order chi connectivity index (χ0) is 12.5. The molecule has 1 aromatic heterocycles. The van der Waals surface area contributed by atoms with Crippen molar-refractivity contribution < 1.29 is 4.79 Å². The van der Waals surface area contributed by atoms with Gasteiger partial charge in [0.1, 0.15) is 4.88 Å². The van der Waals surface area contributed by atoms with Crippen molar-refractivity contribution in [2.24, 2.45) is 0 Å². The van der Waals surface area contributed by atoms with Gasteiger partial charge in [-0.25, -0.2) is 4.98 Å². The lowest BCUT2D eigenvalue weighted by Gasteiger charge is -2.13. The van der Waals surface area contributed by atoms with Crippen LogP contribution in [0.3, 0.4) is 0 Å². The summed E-state index contributed by atoms with van der Waals surface area (Å²) in [5.74, 6) is -0.0134. The summed E-state index contributed by atoms with van der Waals surface area (Å²) < 4.78 is 0. The molecule has 16 heavy (non-hydrogen) atoms. The molecule has 1 heterocycles. The van der Waals surface area contributed by atoms with Gasteiger partial charge < -0.3 is 5.32 Å². The molecule has 0 aliphatic rings. The van der Waals surface area contributed by atoms with E-state index in [9.17, 15) is 4.79 Å². The van der Waals surface area contributed by atoms with Crippen LogP contribution in [0.15, 0.2) is 0 Å². The van der Waals surface area contributed by atoms with Gasteiger partial charge in [0.05, 0.1) is 10.7 Å². The predicted molar refractivity (Wildman–Crippen MR) is 68.2 cm³/mol. The van der Waals surface area contributed by atoms with Crippen LogP contribution in [0.4, 0.5) is 0 Å². The summed E-state index contributed by atoms with van der Waals surface area (Å²) in [6.45, 7) is 12.1. The van der Waals surface area contributed by atoms with Gasteiger partial charge in [-0.3, -0.25) is 4.79 Å². The minimum Gasteiger partial charge on any atom is -0.349 e. The fraction of sp³-hybridized carbons (Fsp3) is 0.667. The third-order valence-corrected chi connectivity index (χ3v) is 3.65. The Hall–Kier alpha value is -0.900. The predicted octanol–water partition coefficient (Wildman–Crippen LogP) is 2.89. The van der Waals surface area contributed by atoms with Gasteiger partial charge >= 0.3 is 0 Å². The summed E-state index contributed by atoms with van der Waals surface area (Å²) in [7, 11) is 0. The molecule has 0 bridgehead atoms. The molecule has 0 aromatic carbocycles. The van der Waals surface area contributed by atoms with Gasteiger partial charge in [0, 0.05) is 11.5 Å². The van der Waals surface area contributed by atoms with E-state index < -0.39 is 0 Å². The topological polar surface area (TPSA) is 42.0 Å². The first-order valence-corrected chi connectivity index (χ1v) is 6.32. The molecule has 0 aliphatic heterocycles. The van der Waals surface area contributed by atoms with Gasteiger partial charge in [-0.2, -0.15) is 0 Å². The van der Waals surface area contributed by atoms with Crippen LogP contribution in [0.25, 0.3) is 0 Å². The molecule has 1 aromatic rings. The second-order valence-electron chi connectivity index (χ2n) is 5.31. The number of hydrogen-bond acceptors (Lipinski definition) is 3. The Morgan fingerprint density at radius 3 is 2.31 bits per heavy atom. The molecular weight excluding hydrogens is 220 g/mol. The first-order chi connectivity index (χ1) is 7.21. The first kappa shape index (κ1) is 13.2. The van der Waals surface area contributed by atoms with Crippen molar-refractivity contribution in [3.8, 4) is 0 Å². The third kappa shape index (κ3) is 3.04. The zero-order valence-electron chi connectivity index (χ0n) is 10.8. The van der Waals surface area contributed by atoms with E-state index in [1.165, 1.54) is 11.3 Å². The molecule has 0 spiro atoms. The largest absolute Gasteiger partial charge is 0.349 e. The highest BCUT2D eigenvalue weighted by atomic mass is 32.1. The lowest BCUT2D eigenvalue weighted by atomic mass is 9.98. The lowest BCUT2D eigenvalue weighted by molar-refractivity contribution is 0.0946. The molecule has 1 rings (SSSR count). The molecule has 4 heteroatoms. The number of thiazole rings is 1. The van der Waals surface area contributed by atoms with Gasteiger partial charge in [0.15, 0.2) is 0 Å². The third-order valence-electron chi connectivity index (χ3n) is 2.06. The summed E-state index contributed by atoms with van der Waals surface area (Å²) in [5, 5.41) is 3.91. The number of hydrogen-bond donors (Lipinski definition) is 1. The number of carbonyl (C=O) groups excluding carboxylic acids is 1. The number of rotatable bonds is 2. The molecule has 0 saturated carbocycles. The van der Waals surface area contributed by atoms with E-state index in [0.29, 0.717) is 0 Å². The Kier molecular flexibility index (Phi) is 3.73. The van der Waals surface area contributed by atoms with Gasteiger partial charge in [0.25, 0.3) is 5.91 Å². The molecule has 3 nitrogen and oxygen atoms in total. The smallest absolute Gasteiger partial charge is 0.263 e. The molecule has 0 aliphatic carbocycles. The molecule has 0 fully saturated rings. The monoisotopic (exact) mass is 240 g/mol. The highest BCUT2D eigenvalue weighted by molar-refractivity contribution is 7.14. The van der Waals surface area contributed by atoms with Crippen LogP contribution in [0.1, 0.15) is 55.0 Å². The van der Waals surface area contributed by atoms with Gasteiger partial charge in [0.2, 0.25) is 0 Å². The van der Waals surface area contributed by atoms with Crippen LogP contribution in [-0.4, -0.2) is 16.9 Å². The Morgan fingerprint density at radius 2 is 1.94 bits per heavy atom. The summed E-state index contributed by atoms with van der Waals surface area (Å²) in [5.41, 5.74) is 0.833. The molecule has 0 saturated heterocycles. The highest BCUT2D eigenvalue weighted by Crippen LogP contribution is 2.29. The van der Waals surface area contributed by atoms with Crippen LogP contribution in [0.5, 0.6) is 0 Å². The fourth-order valence-electron chi connectivity index (χ4n) is 1.26. The number of nitrogens with zero attached hydrogens (tertiary/aromatic N) is 1. The maximum Gasteiger partial charge on any atom is 0.263 e. The van der Waals surface area contributed by atoms with Crippen LogP contribution >= 0.6 is 11.3 Å². The van der Waals surface area contributed by atoms with Crippen molar-refractivity contribution in [1.29, 1.82) is 0 Å². The van der Waals surface area contributed by atoms with E-state index in [4.69, 9.17) is 0 Å². The van der Waals surface area contributed by atoms with Crippen molar-refractivity contribution >= 4 is 17.2 Å². The molecule has 90 valence electrons. The quantitative estimate of drug-likeness (QED) is 0.863. The van der Waals surface area contributed by atoms with Crippen molar-refractivity contribution in [3.63, 3.8) is 0 Å². The van der Waals surface area contributed by atoms with Crippen LogP contribution in [0, 0.1) is 6.92 Å². The summed E-state index contributed by atoms with van der Waals surface area (Å²) >= 11 is 1.49. The first-order valence-electron chi connectivity index (χ1n) is 5.50. The van der Waals surface area contributed by atoms with Crippen molar-refractivity contribution in [3.05, 3.63) is 15.6 Å². The van der Waals surface area contributed by atoms with E-state index in [1.807, 2.05) is 20.8 Å². The van der Waals surface area contributed by atoms with Crippen molar-refractivity contribution in [2.45, 2.75) is 53.0 Å². The van der Waals surface area contributed by atoms with Gasteiger partial charge in [-0.1, -0.05) is 20.8 Å². The summed E-state index contributed by atoms with van der Waals surface area (Å²) in [6.07, 6.45) is 0. The molecule has 1 amide bonds. The number of aromatic nitrogens is 1. The van der Waals surface area contributed by atoms with Gasteiger partial charge in [-0.15, -0.1) is 11.3 Å². The second kappa shape index (κ2) is 4.53. The summed E-state index contributed by atoms with van der Waals surface area (Å²) in [4.78, 5) is 17.1. The lowest BCUT2D eigenvalue weighted by Crippen LogP contribution is -2.29. The SMILES string of the molecule is Cc1nc(C(C)(C)C)sc1C(=O)NC(C)C. The van der Waals surface area contributed by atoms with Crippen LogP contribution in [-0.2, 0) is 5.41 Å². The van der Waals surface area contributed by atoms with Crippen molar-refractivity contribution in [2.75, 3.05) is 0 Å². The van der Waals surface area contributed by atoms with Crippen molar-refractivity contribution in [1.82, 2.24) is 10.3 Å². The van der Waals surface area contributed by atoms with E-state index in [2.05, 4.69) is 31.1 Å². The maximum absolute atomic E-state index is 11.9. The Labute approximate surface area is 101 Å². The molecular formula is C12H20N2OS. The van der Waals surface area contributed by atoms with E-state index in [0.717, 1.165) is 15.6 Å². The molecule has 0 radical (unpaired) electrons. The van der Waals surface area contributed by atoms with E-state index >= 15 is 0 Å². The minimum atomic E-state index is -0.0134. The normalized spacial score (nSPS) is 11.9. The number of nitrogens with one attached hydrogen (secondary N) is 1. The Morgan fingerprint density at radius 1 is 1.38 bits per heavy atom. The number of amides is 1. The zero-order valence-corrected chi connectivity index (χ0v) is 11.7. The van der Waals surface area contributed by atoms with Crippen LogP contribution in [0.2, 0.25) is 0 Å². The van der Waals surface area contributed by atoms with Gasteiger partial charge in [-0.05, 0) is 20.8 Å². The average molecular weight is 240 g/mol. The summed E-state index contributed by atoms with van der Waals surface area (Å²) in [6, 6.07) is 0.159. The maximum atomic E-state index is 11.9. The highest BCUT2D eigenvalue weighted by Gasteiger charge is 2.23. The second-order valence-corrected chi connectivity index (χ2v) is 6.31. The fourth-order valence-corrected chi connectivity index (χ4v) is 2.28. The molecule has 1 N–H and O–H groups in total.